The van der Waals surface area contributed by atoms with Crippen molar-refractivity contribution in [1.82, 2.24) is 5.32 Å². The molecule has 0 spiro atoms. The first-order valence-corrected chi connectivity index (χ1v) is 5.35. The van der Waals surface area contributed by atoms with Gasteiger partial charge in [-0.1, -0.05) is 25.5 Å². The van der Waals surface area contributed by atoms with Crippen LogP contribution >= 0.6 is 0 Å². The molecule has 0 saturated heterocycles. The molecule has 0 radical (unpaired) electrons. The van der Waals surface area contributed by atoms with Gasteiger partial charge in [-0.05, 0) is 12.8 Å². The maximum atomic E-state index is 11.2. The molecular weight excluding hydrogens is 194 g/mol. The molecule has 1 amide bonds. The zero-order valence-electron chi connectivity index (χ0n) is 9.00. The molecule has 0 aromatic rings. The number of rotatable bonds is 5. The molecule has 4 heteroatoms. The van der Waals surface area contributed by atoms with Gasteiger partial charge in [-0.3, -0.25) is 0 Å². The number of aliphatic hydroxyl groups is 1. The lowest BCUT2D eigenvalue weighted by atomic mass is 9.87. The summed E-state index contributed by atoms with van der Waals surface area (Å²) in [5.41, 5.74) is -0.118. The van der Waals surface area contributed by atoms with E-state index in [1.165, 1.54) is 6.08 Å². The highest BCUT2D eigenvalue weighted by atomic mass is 16.5. The number of alkyl carbamates (subject to hydrolysis) is 1. The van der Waals surface area contributed by atoms with E-state index in [9.17, 15) is 9.90 Å². The zero-order chi connectivity index (χ0) is 11.1. The molecule has 4 nitrogen and oxygen atoms in total. The molecule has 0 bridgehead atoms. The second-order valence-corrected chi connectivity index (χ2v) is 4.11. The summed E-state index contributed by atoms with van der Waals surface area (Å²) < 4.78 is 4.79. The van der Waals surface area contributed by atoms with Gasteiger partial charge in [-0.25, -0.2) is 4.79 Å². The van der Waals surface area contributed by atoms with Gasteiger partial charge in [0.05, 0.1) is 6.61 Å². The van der Waals surface area contributed by atoms with E-state index in [1.54, 1.807) is 0 Å². The lowest BCUT2D eigenvalue weighted by Gasteiger charge is -2.26. The van der Waals surface area contributed by atoms with Crippen molar-refractivity contribution in [2.45, 2.75) is 25.7 Å². The van der Waals surface area contributed by atoms with Gasteiger partial charge in [0, 0.05) is 12.0 Å². The third kappa shape index (κ3) is 3.55. The van der Waals surface area contributed by atoms with Crippen molar-refractivity contribution in [3.05, 3.63) is 12.7 Å². The summed E-state index contributed by atoms with van der Waals surface area (Å²) in [7, 11) is 0. The van der Waals surface area contributed by atoms with E-state index in [2.05, 4.69) is 11.9 Å². The summed E-state index contributed by atoms with van der Waals surface area (Å²) in [6, 6.07) is 0. The van der Waals surface area contributed by atoms with Gasteiger partial charge in [-0.2, -0.15) is 0 Å². The maximum absolute atomic E-state index is 11.2. The number of carbonyl (C=O) groups is 1. The molecule has 1 rings (SSSR count). The smallest absolute Gasteiger partial charge is 0.407 e. The van der Waals surface area contributed by atoms with E-state index >= 15 is 0 Å². The van der Waals surface area contributed by atoms with Crippen molar-refractivity contribution in [1.29, 1.82) is 0 Å². The molecule has 0 unspecified atom stereocenters. The number of carbonyl (C=O) groups excluding carboxylic acids is 1. The van der Waals surface area contributed by atoms with Crippen LogP contribution in [0.25, 0.3) is 0 Å². The molecule has 0 heterocycles. The Labute approximate surface area is 90.3 Å². The fourth-order valence-corrected chi connectivity index (χ4v) is 1.96. The SMILES string of the molecule is C=CCOC(=O)NCC1(CO)CCCC1. The molecule has 1 fully saturated rings. The Morgan fingerprint density at radius 2 is 2.20 bits per heavy atom. The Kier molecular flexibility index (Phi) is 4.62. The van der Waals surface area contributed by atoms with Gasteiger partial charge < -0.3 is 15.2 Å². The second-order valence-electron chi connectivity index (χ2n) is 4.11. The van der Waals surface area contributed by atoms with Crippen LogP contribution in [0.15, 0.2) is 12.7 Å². The number of nitrogens with one attached hydrogen (secondary N) is 1. The quantitative estimate of drug-likeness (QED) is 0.680. The summed E-state index contributed by atoms with van der Waals surface area (Å²) in [5.74, 6) is 0. The van der Waals surface area contributed by atoms with Crippen molar-refractivity contribution in [2.24, 2.45) is 5.41 Å². The molecule has 1 saturated carbocycles. The largest absolute Gasteiger partial charge is 0.445 e. The van der Waals surface area contributed by atoms with Crippen molar-refractivity contribution < 1.29 is 14.6 Å². The van der Waals surface area contributed by atoms with Crippen molar-refractivity contribution >= 4 is 6.09 Å². The molecule has 0 aromatic heterocycles. The van der Waals surface area contributed by atoms with Crippen molar-refractivity contribution in [2.75, 3.05) is 19.8 Å². The molecule has 15 heavy (non-hydrogen) atoms. The number of aliphatic hydroxyl groups excluding tert-OH is 1. The topological polar surface area (TPSA) is 58.6 Å². The number of ether oxygens (including phenoxy) is 1. The van der Waals surface area contributed by atoms with Gasteiger partial charge in [0.2, 0.25) is 0 Å². The van der Waals surface area contributed by atoms with Crippen LogP contribution < -0.4 is 5.32 Å². The van der Waals surface area contributed by atoms with E-state index in [0.717, 1.165) is 25.7 Å². The standard InChI is InChI=1S/C11H19NO3/c1-2-7-15-10(14)12-8-11(9-13)5-3-4-6-11/h2,13H,1,3-9H2,(H,12,14). The van der Waals surface area contributed by atoms with Crippen LogP contribution in [0.5, 0.6) is 0 Å². The second kappa shape index (κ2) is 5.75. The summed E-state index contributed by atoms with van der Waals surface area (Å²) in [5, 5.41) is 12.0. The van der Waals surface area contributed by atoms with Crippen LogP contribution in [-0.4, -0.2) is 31.0 Å². The normalized spacial score (nSPS) is 18.5. The first-order chi connectivity index (χ1) is 7.22. The fraction of sp³-hybridized carbons (Fsp3) is 0.727. The van der Waals surface area contributed by atoms with Crippen LogP contribution in [0.1, 0.15) is 25.7 Å². The molecule has 1 aliphatic rings. The lowest BCUT2D eigenvalue weighted by molar-refractivity contribution is 0.116. The summed E-state index contributed by atoms with van der Waals surface area (Å²) in [6.45, 7) is 4.31. The summed E-state index contributed by atoms with van der Waals surface area (Å²) >= 11 is 0. The predicted molar refractivity (Wildman–Crippen MR) is 57.5 cm³/mol. The molecular formula is C11H19NO3. The minimum atomic E-state index is -0.436. The van der Waals surface area contributed by atoms with Crippen molar-refractivity contribution in [3.8, 4) is 0 Å². The fourth-order valence-electron chi connectivity index (χ4n) is 1.96. The minimum Gasteiger partial charge on any atom is -0.445 e. The molecule has 0 atom stereocenters. The van der Waals surface area contributed by atoms with E-state index in [1.807, 2.05) is 0 Å². The highest BCUT2D eigenvalue weighted by Gasteiger charge is 2.33. The molecule has 0 aromatic carbocycles. The maximum Gasteiger partial charge on any atom is 0.407 e. The molecule has 86 valence electrons. The lowest BCUT2D eigenvalue weighted by Crippen LogP contribution is -2.38. The number of hydrogen-bond acceptors (Lipinski definition) is 3. The zero-order valence-corrected chi connectivity index (χ0v) is 9.00. The third-order valence-corrected chi connectivity index (χ3v) is 2.94. The van der Waals surface area contributed by atoms with Crippen LogP contribution in [0.2, 0.25) is 0 Å². The molecule has 0 aliphatic heterocycles. The van der Waals surface area contributed by atoms with Gasteiger partial charge in [-0.15, -0.1) is 0 Å². The average Bonchev–Trinajstić information content (AvgIpc) is 2.73. The van der Waals surface area contributed by atoms with Gasteiger partial charge >= 0.3 is 6.09 Å². The van der Waals surface area contributed by atoms with E-state index in [-0.39, 0.29) is 18.6 Å². The van der Waals surface area contributed by atoms with Gasteiger partial charge in [0.25, 0.3) is 0 Å². The molecule has 1 aliphatic carbocycles. The third-order valence-electron chi connectivity index (χ3n) is 2.94. The van der Waals surface area contributed by atoms with Gasteiger partial charge in [0.1, 0.15) is 6.61 Å². The predicted octanol–water partition coefficient (Wildman–Crippen LogP) is 1.45. The van der Waals surface area contributed by atoms with Crippen LogP contribution in [0.3, 0.4) is 0 Å². The Morgan fingerprint density at radius 3 is 2.73 bits per heavy atom. The van der Waals surface area contributed by atoms with E-state index in [4.69, 9.17) is 4.74 Å². The van der Waals surface area contributed by atoms with E-state index < -0.39 is 6.09 Å². The Bertz CT molecular complexity index is 222. The van der Waals surface area contributed by atoms with Crippen LogP contribution in [-0.2, 0) is 4.74 Å². The van der Waals surface area contributed by atoms with Crippen molar-refractivity contribution in [3.63, 3.8) is 0 Å². The Hall–Kier alpha value is -1.03. The Morgan fingerprint density at radius 1 is 1.53 bits per heavy atom. The molecule has 2 N–H and O–H groups in total. The Balaban J connectivity index is 2.27. The highest BCUT2D eigenvalue weighted by molar-refractivity contribution is 5.67. The average molecular weight is 213 g/mol. The first kappa shape index (κ1) is 12.0. The number of amides is 1. The first-order valence-electron chi connectivity index (χ1n) is 5.35. The summed E-state index contributed by atoms with van der Waals surface area (Å²) in [4.78, 5) is 11.2. The van der Waals surface area contributed by atoms with Gasteiger partial charge in [0.15, 0.2) is 0 Å². The van der Waals surface area contributed by atoms with Crippen LogP contribution in [0.4, 0.5) is 4.79 Å². The summed E-state index contributed by atoms with van der Waals surface area (Å²) in [6.07, 6.45) is 5.30. The van der Waals surface area contributed by atoms with E-state index in [0.29, 0.717) is 6.54 Å². The number of hydrogen-bond donors (Lipinski definition) is 2. The minimum absolute atomic E-state index is 0.118. The highest BCUT2D eigenvalue weighted by Crippen LogP contribution is 2.36. The monoisotopic (exact) mass is 213 g/mol. The van der Waals surface area contributed by atoms with Crippen LogP contribution in [0, 0.1) is 5.41 Å².